The molecular formula is C20H22N2O3. The third-order valence-corrected chi connectivity index (χ3v) is 5.11. The number of hydrogen-bond acceptors (Lipinski definition) is 4. The van der Waals surface area contributed by atoms with Gasteiger partial charge in [-0.15, -0.1) is 0 Å². The second-order valence-corrected chi connectivity index (χ2v) is 6.85. The third kappa shape index (κ3) is 3.45. The Morgan fingerprint density at radius 3 is 2.96 bits per heavy atom. The molecule has 1 atom stereocenters. The molecular weight excluding hydrogens is 316 g/mol. The van der Waals surface area contributed by atoms with Crippen molar-refractivity contribution in [2.24, 2.45) is 0 Å². The standard InChI is InChI=1S/C20H22N2O3/c23-20(24)17-6-8-21-12-18(17)22-9-5-14-7-10-25-19-11-15(13-1-2-13)3-4-16(14)19/h3-4,6,8,11-14,22H,1-2,5,7,9-10H2,(H,23,24). The van der Waals surface area contributed by atoms with Crippen LogP contribution in [0, 0.1) is 0 Å². The van der Waals surface area contributed by atoms with Gasteiger partial charge in [-0.1, -0.05) is 12.1 Å². The summed E-state index contributed by atoms with van der Waals surface area (Å²) in [4.78, 5) is 15.3. The predicted molar refractivity (Wildman–Crippen MR) is 95.6 cm³/mol. The van der Waals surface area contributed by atoms with Gasteiger partial charge < -0.3 is 15.2 Å². The second-order valence-electron chi connectivity index (χ2n) is 6.85. The first-order valence-electron chi connectivity index (χ1n) is 8.90. The molecule has 5 heteroatoms. The Morgan fingerprint density at radius 1 is 1.28 bits per heavy atom. The van der Waals surface area contributed by atoms with Crippen LogP contribution >= 0.6 is 0 Å². The zero-order valence-corrected chi connectivity index (χ0v) is 14.1. The number of nitrogens with zero attached hydrogens (tertiary/aromatic N) is 1. The van der Waals surface area contributed by atoms with Gasteiger partial charge in [0.2, 0.25) is 0 Å². The third-order valence-electron chi connectivity index (χ3n) is 5.11. The van der Waals surface area contributed by atoms with E-state index >= 15 is 0 Å². The number of nitrogens with one attached hydrogen (secondary N) is 1. The Balaban J connectivity index is 1.42. The smallest absolute Gasteiger partial charge is 0.337 e. The van der Waals surface area contributed by atoms with Gasteiger partial charge in [0, 0.05) is 12.7 Å². The van der Waals surface area contributed by atoms with E-state index in [0.29, 0.717) is 18.2 Å². The zero-order chi connectivity index (χ0) is 17.2. The lowest BCUT2D eigenvalue weighted by atomic mass is 9.89. The van der Waals surface area contributed by atoms with Crippen molar-refractivity contribution >= 4 is 11.7 Å². The number of rotatable bonds is 6. The molecule has 1 unspecified atom stereocenters. The number of aromatic carboxylic acids is 1. The molecule has 0 radical (unpaired) electrons. The normalized spacial score (nSPS) is 19.0. The van der Waals surface area contributed by atoms with Crippen molar-refractivity contribution in [3.05, 3.63) is 53.3 Å². The lowest BCUT2D eigenvalue weighted by molar-refractivity contribution is 0.0698. The highest BCUT2D eigenvalue weighted by Crippen LogP contribution is 2.44. The summed E-state index contributed by atoms with van der Waals surface area (Å²) < 4.78 is 5.88. The highest BCUT2D eigenvalue weighted by molar-refractivity contribution is 5.93. The Kier molecular flexibility index (Phi) is 4.30. The summed E-state index contributed by atoms with van der Waals surface area (Å²) in [7, 11) is 0. The summed E-state index contributed by atoms with van der Waals surface area (Å²) in [6.45, 7) is 1.46. The number of ether oxygens (including phenoxy) is 1. The monoisotopic (exact) mass is 338 g/mol. The average Bonchev–Trinajstić information content (AvgIpc) is 3.47. The molecule has 130 valence electrons. The number of fused-ring (bicyclic) bond motifs is 1. The van der Waals surface area contributed by atoms with Crippen molar-refractivity contribution in [1.82, 2.24) is 4.98 Å². The van der Waals surface area contributed by atoms with Crippen LogP contribution in [0.5, 0.6) is 5.75 Å². The number of hydrogen-bond donors (Lipinski definition) is 2. The largest absolute Gasteiger partial charge is 0.493 e. The van der Waals surface area contributed by atoms with Crippen LogP contribution in [0.2, 0.25) is 0 Å². The maximum atomic E-state index is 11.3. The van der Waals surface area contributed by atoms with Crippen LogP contribution in [0.1, 0.15) is 59.0 Å². The summed E-state index contributed by atoms with van der Waals surface area (Å²) in [5.74, 6) is 1.27. The van der Waals surface area contributed by atoms with Crippen LogP contribution in [-0.2, 0) is 0 Å². The van der Waals surface area contributed by atoms with E-state index in [9.17, 15) is 9.90 Å². The molecule has 2 aromatic rings. The van der Waals surface area contributed by atoms with Crippen molar-refractivity contribution in [2.75, 3.05) is 18.5 Å². The van der Waals surface area contributed by atoms with Crippen molar-refractivity contribution in [1.29, 1.82) is 0 Å². The van der Waals surface area contributed by atoms with E-state index in [-0.39, 0.29) is 5.56 Å². The quantitative estimate of drug-likeness (QED) is 0.832. The van der Waals surface area contributed by atoms with E-state index in [0.717, 1.165) is 31.1 Å². The van der Waals surface area contributed by atoms with Crippen LogP contribution in [0.3, 0.4) is 0 Å². The minimum atomic E-state index is -0.936. The maximum Gasteiger partial charge on any atom is 0.337 e. The number of pyridine rings is 1. The summed E-state index contributed by atoms with van der Waals surface area (Å²) >= 11 is 0. The molecule has 4 rings (SSSR count). The maximum absolute atomic E-state index is 11.3. The average molecular weight is 338 g/mol. The molecule has 1 aliphatic carbocycles. The van der Waals surface area contributed by atoms with Gasteiger partial charge in [0.1, 0.15) is 5.75 Å². The summed E-state index contributed by atoms with van der Waals surface area (Å²) in [5, 5.41) is 12.5. The van der Waals surface area contributed by atoms with Gasteiger partial charge in [-0.25, -0.2) is 4.79 Å². The van der Waals surface area contributed by atoms with Crippen molar-refractivity contribution in [3.8, 4) is 5.75 Å². The molecule has 1 aromatic carbocycles. The van der Waals surface area contributed by atoms with E-state index in [1.807, 2.05) is 0 Å². The zero-order valence-electron chi connectivity index (χ0n) is 14.1. The number of carboxylic acids is 1. The number of anilines is 1. The fraction of sp³-hybridized carbons (Fsp3) is 0.400. The molecule has 2 aliphatic rings. The highest BCUT2D eigenvalue weighted by atomic mass is 16.5. The minimum absolute atomic E-state index is 0.261. The molecule has 1 aromatic heterocycles. The van der Waals surface area contributed by atoms with E-state index in [1.54, 1.807) is 6.20 Å². The lowest BCUT2D eigenvalue weighted by Gasteiger charge is -2.26. The van der Waals surface area contributed by atoms with Gasteiger partial charge >= 0.3 is 5.97 Å². The molecule has 2 N–H and O–H groups in total. The summed E-state index contributed by atoms with van der Waals surface area (Å²) in [5.41, 5.74) is 3.52. The lowest BCUT2D eigenvalue weighted by Crippen LogP contribution is -2.18. The first-order chi connectivity index (χ1) is 12.2. The van der Waals surface area contributed by atoms with Gasteiger partial charge in [-0.3, -0.25) is 4.98 Å². The molecule has 1 saturated carbocycles. The van der Waals surface area contributed by atoms with Crippen molar-refractivity contribution in [2.45, 2.75) is 37.5 Å². The number of carbonyl (C=O) groups is 1. The fourth-order valence-corrected chi connectivity index (χ4v) is 3.55. The second kappa shape index (κ2) is 6.75. The first-order valence-corrected chi connectivity index (χ1v) is 8.90. The molecule has 5 nitrogen and oxygen atoms in total. The van der Waals surface area contributed by atoms with E-state index in [4.69, 9.17) is 4.74 Å². The topological polar surface area (TPSA) is 71.5 Å². The van der Waals surface area contributed by atoms with Gasteiger partial charge in [-0.05, 0) is 60.8 Å². The molecule has 1 fully saturated rings. The Bertz CT molecular complexity index is 786. The summed E-state index contributed by atoms with van der Waals surface area (Å²) in [6, 6.07) is 8.21. The highest BCUT2D eigenvalue weighted by Gasteiger charge is 2.27. The Hall–Kier alpha value is -2.56. The van der Waals surface area contributed by atoms with E-state index < -0.39 is 5.97 Å². The molecule has 0 bridgehead atoms. The predicted octanol–water partition coefficient (Wildman–Crippen LogP) is 4.03. The number of benzene rings is 1. The van der Waals surface area contributed by atoms with E-state index in [1.165, 1.54) is 36.2 Å². The van der Waals surface area contributed by atoms with Gasteiger partial charge in [0.25, 0.3) is 0 Å². The van der Waals surface area contributed by atoms with Gasteiger partial charge in [0.15, 0.2) is 0 Å². The van der Waals surface area contributed by atoms with Crippen LogP contribution < -0.4 is 10.1 Å². The molecule has 0 saturated heterocycles. The van der Waals surface area contributed by atoms with Gasteiger partial charge in [-0.2, -0.15) is 0 Å². The van der Waals surface area contributed by atoms with Crippen molar-refractivity contribution in [3.63, 3.8) is 0 Å². The van der Waals surface area contributed by atoms with Crippen LogP contribution in [0.25, 0.3) is 0 Å². The van der Waals surface area contributed by atoms with Crippen molar-refractivity contribution < 1.29 is 14.6 Å². The number of carboxylic acid groups (broad SMARTS) is 1. The molecule has 2 heterocycles. The fourth-order valence-electron chi connectivity index (χ4n) is 3.55. The molecule has 25 heavy (non-hydrogen) atoms. The number of aromatic nitrogens is 1. The van der Waals surface area contributed by atoms with Crippen LogP contribution in [0.15, 0.2) is 36.7 Å². The molecule has 1 aliphatic heterocycles. The minimum Gasteiger partial charge on any atom is -0.493 e. The Labute approximate surface area is 147 Å². The van der Waals surface area contributed by atoms with Crippen LogP contribution in [0.4, 0.5) is 5.69 Å². The molecule has 0 spiro atoms. The molecule has 0 amide bonds. The van der Waals surface area contributed by atoms with Gasteiger partial charge in [0.05, 0.1) is 24.1 Å². The summed E-state index contributed by atoms with van der Waals surface area (Å²) in [6.07, 6.45) is 7.60. The SMILES string of the molecule is O=C(O)c1ccncc1NCCC1CCOc2cc(C3CC3)ccc21. The Morgan fingerprint density at radius 2 is 2.16 bits per heavy atom. The van der Waals surface area contributed by atoms with E-state index in [2.05, 4.69) is 28.5 Å². The van der Waals surface area contributed by atoms with Crippen LogP contribution in [-0.4, -0.2) is 29.2 Å². The first kappa shape index (κ1) is 15.9.